The maximum absolute atomic E-state index is 13.4. The Labute approximate surface area is 123 Å². The van der Waals surface area contributed by atoms with E-state index in [1.807, 2.05) is 24.3 Å². The highest BCUT2D eigenvalue weighted by Crippen LogP contribution is 2.27. The molecular formula is C16H17ClFNO. The molecule has 2 rings (SSSR count). The second-order valence-electron chi connectivity index (χ2n) is 4.64. The topological polar surface area (TPSA) is 35.2 Å². The summed E-state index contributed by atoms with van der Waals surface area (Å²) in [6, 6.07) is 12.1. The SMILES string of the molecule is COc1ccc(F)cc1CC(CN)c1ccc(Cl)cc1. The second kappa shape index (κ2) is 6.73. The smallest absolute Gasteiger partial charge is 0.123 e. The second-order valence-corrected chi connectivity index (χ2v) is 5.08. The van der Waals surface area contributed by atoms with Gasteiger partial charge >= 0.3 is 0 Å². The van der Waals surface area contributed by atoms with Gasteiger partial charge in [0.25, 0.3) is 0 Å². The maximum atomic E-state index is 13.4. The van der Waals surface area contributed by atoms with E-state index in [1.54, 1.807) is 13.2 Å². The third-order valence-electron chi connectivity index (χ3n) is 3.33. The van der Waals surface area contributed by atoms with Gasteiger partial charge < -0.3 is 10.5 Å². The molecule has 0 spiro atoms. The predicted molar refractivity (Wildman–Crippen MR) is 79.9 cm³/mol. The minimum atomic E-state index is -0.271. The summed E-state index contributed by atoms with van der Waals surface area (Å²) in [6.45, 7) is 0.474. The molecule has 2 aromatic carbocycles. The molecule has 0 aliphatic rings. The van der Waals surface area contributed by atoms with Crippen LogP contribution in [0.3, 0.4) is 0 Å². The zero-order valence-electron chi connectivity index (χ0n) is 11.3. The van der Waals surface area contributed by atoms with Gasteiger partial charge in [-0.1, -0.05) is 23.7 Å². The van der Waals surface area contributed by atoms with Crippen molar-refractivity contribution < 1.29 is 9.13 Å². The van der Waals surface area contributed by atoms with E-state index in [0.717, 1.165) is 11.1 Å². The number of ether oxygens (including phenoxy) is 1. The van der Waals surface area contributed by atoms with E-state index < -0.39 is 0 Å². The van der Waals surface area contributed by atoms with Gasteiger partial charge in [-0.15, -0.1) is 0 Å². The van der Waals surface area contributed by atoms with E-state index in [4.69, 9.17) is 22.1 Å². The summed E-state index contributed by atoms with van der Waals surface area (Å²) < 4.78 is 18.7. The van der Waals surface area contributed by atoms with Gasteiger partial charge in [0.05, 0.1) is 7.11 Å². The lowest BCUT2D eigenvalue weighted by molar-refractivity contribution is 0.406. The fourth-order valence-corrected chi connectivity index (χ4v) is 2.37. The molecule has 20 heavy (non-hydrogen) atoms. The Bertz CT molecular complexity index is 571. The highest BCUT2D eigenvalue weighted by molar-refractivity contribution is 6.30. The van der Waals surface area contributed by atoms with Gasteiger partial charge in [-0.25, -0.2) is 4.39 Å². The predicted octanol–water partition coefficient (Wildman–Crippen LogP) is 3.77. The van der Waals surface area contributed by atoms with Crippen molar-refractivity contribution in [2.75, 3.05) is 13.7 Å². The lowest BCUT2D eigenvalue weighted by atomic mass is 9.91. The molecule has 0 saturated carbocycles. The number of methoxy groups -OCH3 is 1. The van der Waals surface area contributed by atoms with Crippen molar-refractivity contribution in [2.24, 2.45) is 5.73 Å². The molecule has 0 bridgehead atoms. The van der Waals surface area contributed by atoms with Gasteiger partial charge in [-0.3, -0.25) is 0 Å². The number of hydrogen-bond acceptors (Lipinski definition) is 2. The molecule has 0 heterocycles. The first kappa shape index (κ1) is 14.8. The molecule has 0 radical (unpaired) electrons. The van der Waals surface area contributed by atoms with Crippen LogP contribution in [-0.4, -0.2) is 13.7 Å². The van der Waals surface area contributed by atoms with Crippen LogP contribution in [0.25, 0.3) is 0 Å². The number of halogens is 2. The summed E-state index contributed by atoms with van der Waals surface area (Å²) in [7, 11) is 1.58. The fraction of sp³-hybridized carbons (Fsp3) is 0.250. The van der Waals surface area contributed by atoms with E-state index in [-0.39, 0.29) is 11.7 Å². The standard InChI is InChI=1S/C16H17ClFNO/c1-20-16-7-6-15(18)9-12(16)8-13(10-19)11-2-4-14(17)5-3-11/h2-7,9,13H,8,10,19H2,1H3. The molecule has 2 nitrogen and oxygen atoms in total. The lowest BCUT2D eigenvalue weighted by Crippen LogP contribution is -2.15. The van der Waals surface area contributed by atoms with Crippen molar-refractivity contribution in [3.63, 3.8) is 0 Å². The van der Waals surface area contributed by atoms with Crippen LogP contribution in [0.2, 0.25) is 5.02 Å². The van der Waals surface area contributed by atoms with Crippen molar-refractivity contribution in [2.45, 2.75) is 12.3 Å². The number of nitrogens with two attached hydrogens (primary N) is 1. The molecule has 0 aliphatic heterocycles. The summed E-state index contributed by atoms with van der Waals surface area (Å²) in [6.07, 6.45) is 0.624. The molecule has 2 N–H and O–H groups in total. The van der Waals surface area contributed by atoms with E-state index >= 15 is 0 Å². The molecule has 1 atom stereocenters. The summed E-state index contributed by atoms with van der Waals surface area (Å²) in [5, 5.41) is 0.688. The summed E-state index contributed by atoms with van der Waals surface area (Å²) in [5.74, 6) is 0.509. The first-order valence-corrected chi connectivity index (χ1v) is 6.79. The average molecular weight is 294 g/mol. The van der Waals surface area contributed by atoms with Crippen molar-refractivity contribution in [1.29, 1.82) is 0 Å². The Hall–Kier alpha value is -1.58. The number of hydrogen-bond donors (Lipinski definition) is 1. The molecule has 0 amide bonds. The molecule has 106 valence electrons. The third kappa shape index (κ3) is 3.50. The molecule has 0 fully saturated rings. The summed E-state index contributed by atoms with van der Waals surface area (Å²) in [4.78, 5) is 0. The maximum Gasteiger partial charge on any atom is 0.123 e. The monoisotopic (exact) mass is 293 g/mol. The summed E-state index contributed by atoms with van der Waals surface area (Å²) in [5.41, 5.74) is 7.76. The number of rotatable bonds is 5. The first-order chi connectivity index (χ1) is 9.63. The molecule has 0 saturated heterocycles. The minimum Gasteiger partial charge on any atom is -0.496 e. The average Bonchev–Trinajstić information content (AvgIpc) is 2.46. The van der Waals surface area contributed by atoms with Crippen molar-refractivity contribution in [3.8, 4) is 5.75 Å². The Morgan fingerprint density at radius 3 is 2.50 bits per heavy atom. The zero-order valence-corrected chi connectivity index (χ0v) is 12.0. The van der Waals surface area contributed by atoms with Gasteiger partial charge in [-0.2, -0.15) is 0 Å². The molecule has 0 aromatic heterocycles. The zero-order chi connectivity index (χ0) is 14.5. The Kier molecular flexibility index (Phi) is 4.99. The largest absolute Gasteiger partial charge is 0.496 e. The van der Waals surface area contributed by atoms with Gasteiger partial charge in [0.1, 0.15) is 11.6 Å². The Balaban J connectivity index is 2.26. The van der Waals surface area contributed by atoms with Gasteiger partial charge in [-0.05, 0) is 54.4 Å². The molecule has 0 aliphatic carbocycles. The van der Waals surface area contributed by atoms with Gasteiger partial charge in [0.2, 0.25) is 0 Å². The normalized spacial score (nSPS) is 12.2. The molecule has 4 heteroatoms. The lowest BCUT2D eigenvalue weighted by Gasteiger charge is -2.17. The Morgan fingerprint density at radius 1 is 1.20 bits per heavy atom. The van der Waals surface area contributed by atoms with E-state index in [2.05, 4.69) is 0 Å². The van der Waals surface area contributed by atoms with E-state index in [9.17, 15) is 4.39 Å². The fourth-order valence-electron chi connectivity index (χ4n) is 2.24. The molecule has 2 aromatic rings. The summed E-state index contributed by atoms with van der Waals surface area (Å²) >= 11 is 5.89. The highest BCUT2D eigenvalue weighted by Gasteiger charge is 2.14. The van der Waals surface area contributed by atoms with Crippen LogP contribution >= 0.6 is 11.6 Å². The first-order valence-electron chi connectivity index (χ1n) is 6.42. The Morgan fingerprint density at radius 2 is 1.90 bits per heavy atom. The van der Waals surface area contributed by atoms with Crippen LogP contribution in [-0.2, 0) is 6.42 Å². The van der Waals surface area contributed by atoms with E-state index in [0.29, 0.717) is 23.7 Å². The van der Waals surface area contributed by atoms with Crippen LogP contribution < -0.4 is 10.5 Å². The van der Waals surface area contributed by atoms with Crippen LogP contribution in [0.4, 0.5) is 4.39 Å². The van der Waals surface area contributed by atoms with Crippen LogP contribution in [0, 0.1) is 5.82 Å². The van der Waals surface area contributed by atoms with Crippen molar-refractivity contribution in [3.05, 3.63) is 64.4 Å². The molecular weight excluding hydrogens is 277 g/mol. The van der Waals surface area contributed by atoms with Gasteiger partial charge in [0.15, 0.2) is 0 Å². The number of benzene rings is 2. The molecule has 1 unspecified atom stereocenters. The van der Waals surface area contributed by atoms with Crippen molar-refractivity contribution in [1.82, 2.24) is 0 Å². The van der Waals surface area contributed by atoms with Crippen molar-refractivity contribution >= 4 is 11.6 Å². The minimum absolute atomic E-state index is 0.1000. The highest BCUT2D eigenvalue weighted by atomic mass is 35.5. The van der Waals surface area contributed by atoms with E-state index in [1.165, 1.54) is 12.1 Å². The van der Waals surface area contributed by atoms with Crippen LogP contribution in [0.5, 0.6) is 5.75 Å². The van der Waals surface area contributed by atoms with Gasteiger partial charge in [0, 0.05) is 10.9 Å². The van der Waals surface area contributed by atoms with Crippen LogP contribution in [0.1, 0.15) is 17.0 Å². The quantitative estimate of drug-likeness (QED) is 0.911. The third-order valence-corrected chi connectivity index (χ3v) is 3.59. The van der Waals surface area contributed by atoms with Crippen LogP contribution in [0.15, 0.2) is 42.5 Å².